The fraction of sp³-hybridized carbons (Fsp3) is 0.176. The van der Waals surface area contributed by atoms with Crippen molar-refractivity contribution in [1.29, 1.82) is 0 Å². The number of Topliss-reactive ketones (excluding diaryl/α,β-unsaturated/α-hetero) is 1. The standard InChI is InChI=1S/C34H29ClN2O4/c1-40-30-17-14-23(20-31(30)41-2)24-18-27-32(29(38)19-24)33(21-12-15-25(35)16-13-21)37(28-11-7-6-10-26(28)36-27)34(39)22-8-4-3-5-9-22/h3-17,20,24,33,36H,18-19H2,1-2H3/t24-,33-/m0/s1. The second kappa shape index (κ2) is 11.1. The minimum atomic E-state index is -0.648. The first-order valence-corrected chi connectivity index (χ1v) is 13.8. The highest BCUT2D eigenvalue weighted by molar-refractivity contribution is 6.30. The summed E-state index contributed by atoms with van der Waals surface area (Å²) in [6.07, 6.45) is 0.881. The molecule has 1 aliphatic carbocycles. The van der Waals surface area contributed by atoms with Crippen LogP contribution < -0.4 is 19.7 Å². The van der Waals surface area contributed by atoms with Crippen molar-refractivity contribution in [2.24, 2.45) is 0 Å². The molecule has 4 aromatic carbocycles. The lowest BCUT2D eigenvalue weighted by atomic mass is 9.78. The molecule has 6 rings (SSSR count). The molecule has 206 valence electrons. The lowest BCUT2D eigenvalue weighted by molar-refractivity contribution is -0.116. The quantitative estimate of drug-likeness (QED) is 0.271. The Balaban J connectivity index is 1.53. The summed E-state index contributed by atoms with van der Waals surface area (Å²) in [5.74, 6) is 0.969. The number of benzene rings is 4. The van der Waals surface area contributed by atoms with E-state index in [4.69, 9.17) is 21.1 Å². The Hall–Kier alpha value is -4.55. The molecule has 0 spiro atoms. The summed E-state index contributed by atoms with van der Waals surface area (Å²) in [6, 6.07) is 29.4. The van der Waals surface area contributed by atoms with Crippen LogP contribution in [0.4, 0.5) is 11.4 Å². The van der Waals surface area contributed by atoms with Crippen LogP contribution in [0.2, 0.25) is 5.02 Å². The van der Waals surface area contributed by atoms with E-state index in [1.807, 2.05) is 72.8 Å². The van der Waals surface area contributed by atoms with Gasteiger partial charge in [0.25, 0.3) is 5.91 Å². The van der Waals surface area contributed by atoms with Gasteiger partial charge in [0.05, 0.1) is 31.6 Å². The maximum atomic E-state index is 14.3. The van der Waals surface area contributed by atoms with Crippen LogP contribution in [0.1, 0.15) is 46.3 Å². The summed E-state index contributed by atoms with van der Waals surface area (Å²) in [6.45, 7) is 0. The molecule has 0 saturated heterocycles. The van der Waals surface area contributed by atoms with Crippen LogP contribution in [0.3, 0.4) is 0 Å². The average molecular weight is 565 g/mol. The number of methoxy groups -OCH3 is 2. The molecule has 0 bridgehead atoms. The fourth-order valence-electron chi connectivity index (χ4n) is 5.84. The Kier molecular flexibility index (Phi) is 7.25. The zero-order chi connectivity index (χ0) is 28.5. The molecule has 0 aromatic heterocycles. The Labute approximate surface area is 244 Å². The van der Waals surface area contributed by atoms with Gasteiger partial charge in [0.1, 0.15) is 0 Å². The van der Waals surface area contributed by atoms with E-state index in [9.17, 15) is 9.59 Å². The summed E-state index contributed by atoms with van der Waals surface area (Å²) >= 11 is 6.27. The maximum Gasteiger partial charge on any atom is 0.259 e. The second-order valence-corrected chi connectivity index (χ2v) is 10.6. The van der Waals surface area contributed by atoms with Crippen molar-refractivity contribution in [2.45, 2.75) is 24.8 Å². The van der Waals surface area contributed by atoms with E-state index in [2.05, 4.69) is 5.32 Å². The number of para-hydroxylation sites is 2. The van der Waals surface area contributed by atoms with Crippen LogP contribution in [-0.4, -0.2) is 25.9 Å². The third-order valence-corrected chi connectivity index (χ3v) is 8.04. The van der Waals surface area contributed by atoms with Crippen LogP contribution in [0.5, 0.6) is 11.5 Å². The molecule has 0 fully saturated rings. The number of carbonyl (C=O) groups excluding carboxylic acids is 2. The second-order valence-electron chi connectivity index (χ2n) is 10.2. The van der Waals surface area contributed by atoms with E-state index in [0.717, 1.165) is 22.5 Å². The Morgan fingerprint density at radius 1 is 0.829 bits per heavy atom. The van der Waals surface area contributed by atoms with E-state index < -0.39 is 6.04 Å². The van der Waals surface area contributed by atoms with Gasteiger partial charge in [-0.3, -0.25) is 14.5 Å². The van der Waals surface area contributed by atoms with E-state index in [1.165, 1.54) is 0 Å². The van der Waals surface area contributed by atoms with Crippen molar-refractivity contribution in [1.82, 2.24) is 0 Å². The number of ether oxygens (including phenoxy) is 2. The summed E-state index contributed by atoms with van der Waals surface area (Å²) in [4.78, 5) is 30.3. The normalized spacial score (nSPS) is 18.1. The first-order valence-electron chi connectivity index (χ1n) is 13.5. The maximum absolute atomic E-state index is 14.3. The predicted molar refractivity (Wildman–Crippen MR) is 161 cm³/mol. The SMILES string of the molecule is COc1ccc([C@@H]2CC(=O)C3=C(C2)Nc2ccccc2N(C(=O)c2ccccc2)[C@H]3c2ccc(Cl)cc2)cc1OC. The van der Waals surface area contributed by atoms with Gasteiger partial charge in [-0.25, -0.2) is 0 Å². The number of nitrogens with one attached hydrogen (secondary N) is 1. The predicted octanol–water partition coefficient (Wildman–Crippen LogP) is 7.57. The monoisotopic (exact) mass is 564 g/mol. The number of fused-ring (bicyclic) bond motifs is 1. The molecule has 4 aromatic rings. The van der Waals surface area contributed by atoms with Crippen molar-refractivity contribution in [3.8, 4) is 11.5 Å². The molecule has 1 aliphatic heterocycles. The number of halogens is 1. The number of allylic oxidation sites excluding steroid dienone is 1. The number of hydrogen-bond donors (Lipinski definition) is 1. The number of rotatable bonds is 5. The van der Waals surface area contributed by atoms with E-state index in [0.29, 0.717) is 46.2 Å². The molecule has 1 amide bonds. The lowest BCUT2D eigenvalue weighted by Crippen LogP contribution is -2.38. The first kappa shape index (κ1) is 26.7. The third-order valence-electron chi connectivity index (χ3n) is 7.79. The third kappa shape index (κ3) is 4.96. The minimum Gasteiger partial charge on any atom is -0.493 e. The zero-order valence-corrected chi connectivity index (χ0v) is 23.5. The van der Waals surface area contributed by atoms with E-state index >= 15 is 0 Å². The average Bonchev–Trinajstić information content (AvgIpc) is 3.16. The topological polar surface area (TPSA) is 67.9 Å². The molecule has 7 heteroatoms. The van der Waals surface area contributed by atoms with Crippen LogP contribution in [0.15, 0.2) is 108 Å². The molecule has 0 unspecified atom stereocenters. The van der Waals surface area contributed by atoms with Crippen molar-refractivity contribution < 1.29 is 19.1 Å². The molecule has 2 aliphatic rings. The minimum absolute atomic E-state index is 0.0165. The summed E-state index contributed by atoms with van der Waals surface area (Å²) < 4.78 is 11.0. The molecule has 1 heterocycles. The molecule has 2 atom stereocenters. The fourth-order valence-corrected chi connectivity index (χ4v) is 5.96. The molecule has 1 N–H and O–H groups in total. The van der Waals surface area contributed by atoms with Crippen molar-refractivity contribution in [3.63, 3.8) is 0 Å². The smallest absolute Gasteiger partial charge is 0.259 e. The van der Waals surface area contributed by atoms with Crippen molar-refractivity contribution >= 4 is 34.7 Å². The molecular formula is C34H29ClN2O4. The first-order chi connectivity index (χ1) is 20.0. The largest absolute Gasteiger partial charge is 0.493 e. The van der Waals surface area contributed by atoms with E-state index in [-0.39, 0.29) is 17.6 Å². The van der Waals surface area contributed by atoms with Gasteiger partial charge in [0.2, 0.25) is 0 Å². The van der Waals surface area contributed by atoms with Gasteiger partial charge in [0.15, 0.2) is 17.3 Å². The molecule has 0 saturated carbocycles. The highest BCUT2D eigenvalue weighted by atomic mass is 35.5. The Bertz CT molecular complexity index is 1650. The van der Waals surface area contributed by atoms with Gasteiger partial charge in [-0.05, 0) is 72.0 Å². The van der Waals surface area contributed by atoms with Crippen LogP contribution in [-0.2, 0) is 4.79 Å². The van der Waals surface area contributed by atoms with Crippen LogP contribution in [0.25, 0.3) is 0 Å². The van der Waals surface area contributed by atoms with Crippen molar-refractivity contribution in [2.75, 3.05) is 24.4 Å². The highest BCUT2D eigenvalue weighted by Gasteiger charge is 2.42. The van der Waals surface area contributed by atoms with Crippen molar-refractivity contribution in [3.05, 3.63) is 130 Å². The molecule has 6 nitrogen and oxygen atoms in total. The van der Waals surface area contributed by atoms with E-state index in [1.54, 1.807) is 43.4 Å². The molecule has 41 heavy (non-hydrogen) atoms. The lowest BCUT2D eigenvalue weighted by Gasteiger charge is -2.35. The Morgan fingerprint density at radius 2 is 1.51 bits per heavy atom. The van der Waals surface area contributed by atoms with Crippen LogP contribution >= 0.6 is 11.6 Å². The zero-order valence-electron chi connectivity index (χ0n) is 22.8. The highest BCUT2D eigenvalue weighted by Crippen LogP contribution is 2.48. The number of hydrogen-bond acceptors (Lipinski definition) is 5. The van der Waals surface area contributed by atoms with Gasteiger partial charge in [-0.1, -0.05) is 60.1 Å². The number of amides is 1. The summed E-state index contributed by atoms with van der Waals surface area (Å²) in [5.41, 5.74) is 5.19. The number of anilines is 2. The van der Waals surface area contributed by atoms with Gasteiger partial charge in [-0.15, -0.1) is 0 Å². The number of carbonyl (C=O) groups is 2. The van der Waals surface area contributed by atoms with Gasteiger partial charge in [-0.2, -0.15) is 0 Å². The number of nitrogens with zero attached hydrogens (tertiary/aromatic N) is 1. The summed E-state index contributed by atoms with van der Waals surface area (Å²) in [7, 11) is 3.21. The van der Waals surface area contributed by atoms with Gasteiger partial charge >= 0.3 is 0 Å². The Morgan fingerprint density at radius 3 is 2.24 bits per heavy atom. The summed E-state index contributed by atoms with van der Waals surface area (Å²) in [5, 5.41) is 4.16. The number of ketones is 1. The van der Waals surface area contributed by atoms with Crippen LogP contribution in [0, 0.1) is 0 Å². The molecule has 0 radical (unpaired) electrons. The van der Waals surface area contributed by atoms with Gasteiger partial charge < -0.3 is 14.8 Å². The van der Waals surface area contributed by atoms with Gasteiger partial charge in [0, 0.05) is 28.3 Å². The molecular weight excluding hydrogens is 536 g/mol.